The number of fused-ring (bicyclic) bond motifs is 1. The number of aryl methyl sites for hydroxylation is 1. The van der Waals surface area contributed by atoms with Gasteiger partial charge in [-0.1, -0.05) is 12.1 Å². The number of nitrogens with one attached hydrogen (secondary N) is 1. The molecule has 5 heteroatoms. The van der Waals surface area contributed by atoms with Crippen LogP contribution in [-0.4, -0.2) is 10.9 Å². The molecule has 0 aliphatic carbocycles. The van der Waals surface area contributed by atoms with Crippen LogP contribution in [0.4, 0.5) is 0 Å². The summed E-state index contributed by atoms with van der Waals surface area (Å²) in [4.78, 5) is 16.5. The van der Waals surface area contributed by atoms with Crippen LogP contribution in [0.3, 0.4) is 0 Å². The molecule has 0 unspecified atom stereocenters. The van der Waals surface area contributed by atoms with Gasteiger partial charge in [0, 0.05) is 12.8 Å². The van der Waals surface area contributed by atoms with E-state index in [1.807, 2.05) is 37.3 Å². The molecule has 1 aromatic carbocycles. The Labute approximate surface area is 126 Å². The third-order valence-electron chi connectivity index (χ3n) is 3.25. The van der Waals surface area contributed by atoms with Crippen LogP contribution < -0.4 is 5.32 Å². The van der Waals surface area contributed by atoms with Crippen LogP contribution in [0.25, 0.3) is 10.2 Å². The summed E-state index contributed by atoms with van der Waals surface area (Å²) < 4.78 is 6.44. The number of carbonyl (C=O) groups is 1. The van der Waals surface area contributed by atoms with Crippen LogP contribution in [0, 0.1) is 0 Å². The van der Waals surface area contributed by atoms with Gasteiger partial charge >= 0.3 is 0 Å². The van der Waals surface area contributed by atoms with Gasteiger partial charge in [-0.15, -0.1) is 11.3 Å². The molecule has 0 saturated heterocycles. The molecule has 0 fully saturated rings. The Morgan fingerprint density at radius 3 is 2.95 bits per heavy atom. The van der Waals surface area contributed by atoms with E-state index in [9.17, 15) is 4.79 Å². The zero-order chi connectivity index (χ0) is 14.7. The van der Waals surface area contributed by atoms with Gasteiger partial charge in [-0.05, 0) is 31.2 Å². The topological polar surface area (TPSA) is 55.1 Å². The molecule has 1 N–H and O–H groups in total. The van der Waals surface area contributed by atoms with E-state index >= 15 is 0 Å². The second-order valence-corrected chi connectivity index (χ2v) is 6.00. The molecule has 4 nitrogen and oxygen atoms in total. The molecular weight excluding hydrogens is 284 g/mol. The fourth-order valence-corrected chi connectivity index (χ4v) is 3.14. The van der Waals surface area contributed by atoms with Crippen LogP contribution in [-0.2, 0) is 11.2 Å². The lowest BCUT2D eigenvalue weighted by atomic mass is 10.2. The Morgan fingerprint density at radius 2 is 2.19 bits per heavy atom. The van der Waals surface area contributed by atoms with Crippen molar-refractivity contribution >= 4 is 27.5 Å². The molecule has 0 radical (unpaired) electrons. The van der Waals surface area contributed by atoms with E-state index in [4.69, 9.17) is 4.42 Å². The maximum Gasteiger partial charge on any atom is 0.220 e. The summed E-state index contributed by atoms with van der Waals surface area (Å²) in [5.74, 6) is 0.779. The first kappa shape index (κ1) is 13.8. The second kappa shape index (κ2) is 6.10. The molecule has 2 heterocycles. The molecule has 1 atom stereocenters. The van der Waals surface area contributed by atoms with E-state index < -0.39 is 0 Å². The van der Waals surface area contributed by atoms with Crippen molar-refractivity contribution in [2.24, 2.45) is 0 Å². The Morgan fingerprint density at radius 1 is 1.33 bits per heavy atom. The molecular formula is C16H16N2O2S. The molecule has 0 aliphatic rings. The van der Waals surface area contributed by atoms with Crippen molar-refractivity contribution in [1.82, 2.24) is 10.3 Å². The van der Waals surface area contributed by atoms with Crippen molar-refractivity contribution in [3.8, 4) is 0 Å². The highest BCUT2D eigenvalue weighted by Crippen LogP contribution is 2.22. The number of benzene rings is 1. The molecule has 21 heavy (non-hydrogen) atoms. The van der Waals surface area contributed by atoms with Crippen LogP contribution in [0.5, 0.6) is 0 Å². The zero-order valence-corrected chi connectivity index (χ0v) is 12.5. The average Bonchev–Trinajstić information content (AvgIpc) is 3.14. The normalized spacial score (nSPS) is 12.4. The predicted octanol–water partition coefficient (Wildman–Crippen LogP) is 3.70. The minimum absolute atomic E-state index is 0.0122. The van der Waals surface area contributed by atoms with Gasteiger partial charge in [0.1, 0.15) is 5.76 Å². The van der Waals surface area contributed by atoms with E-state index in [1.165, 1.54) is 0 Å². The monoisotopic (exact) mass is 300 g/mol. The summed E-state index contributed by atoms with van der Waals surface area (Å²) in [7, 11) is 0. The number of para-hydroxylation sites is 1. The molecule has 0 saturated carbocycles. The molecule has 3 rings (SSSR count). The van der Waals surface area contributed by atoms with Crippen molar-refractivity contribution in [1.29, 1.82) is 0 Å². The lowest BCUT2D eigenvalue weighted by molar-refractivity contribution is -0.121. The highest BCUT2D eigenvalue weighted by molar-refractivity contribution is 7.18. The van der Waals surface area contributed by atoms with Gasteiger partial charge in [0.15, 0.2) is 0 Å². The minimum Gasteiger partial charge on any atom is -0.467 e. The van der Waals surface area contributed by atoms with Gasteiger partial charge < -0.3 is 9.73 Å². The van der Waals surface area contributed by atoms with Crippen LogP contribution in [0.2, 0.25) is 0 Å². The molecule has 1 amide bonds. The fourth-order valence-electron chi connectivity index (χ4n) is 2.17. The largest absolute Gasteiger partial charge is 0.467 e. The standard InChI is InChI=1S/C16H16N2O2S/c1-11(13-6-4-10-20-13)17-15(19)8-9-16-18-12-5-2-3-7-14(12)21-16/h2-7,10-11H,8-9H2,1H3,(H,17,19)/t11-/m0/s1. The number of thiazole rings is 1. The first-order valence-electron chi connectivity index (χ1n) is 6.89. The highest BCUT2D eigenvalue weighted by atomic mass is 32.1. The molecule has 0 spiro atoms. The maximum absolute atomic E-state index is 12.0. The van der Waals surface area contributed by atoms with Gasteiger partial charge in [0.05, 0.1) is 27.5 Å². The Bertz CT molecular complexity index is 701. The van der Waals surface area contributed by atoms with E-state index in [1.54, 1.807) is 17.6 Å². The third kappa shape index (κ3) is 3.31. The smallest absolute Gasteiger partial charge is 0.220 e. The van der Waals surface area contributed by atoms with E-state index in [0.717, 1.165) is 21.0 Å². The average molecular weight is 300 g/mol. The van der Waals surface area contributed by atoms with Gasteiger partial charge in [0.25, 0.3) is 0 Å². The van der Waals surface area contributed by atoms with Crippen molar-refractivity contribution < 1.29 is 9.21 Å². The zero-order valence-electron chi connectivity index (χ0n) is 11.7. The van der Waals surface area contributed by atoms with Crippen molar-refractivity contribution in [3.63, 3.8) is 0 Å². The summed E-state index contributed by atoms with van der Waals surface area (Å²) in [6.07, 6.45) is 2.71. The van der Waals surface area contributed by atoms with E-state index in [0.29, 0.717) is 12.8 Å². The summed E-state index contributed by atoms with van der Waals surface area (Å²) in [5.41, 5.74) is 1.00. The third-order valence-corrected chi connectivity index (χ3v) is 4.35. The highest BCUT2D eigenvalue weighted by Gasteiger charge is 2.12. The Hall–Kier alpha value is -2.14. The summed E-state index contributed by atoms with van der Waals surface area (Å²) in [6, 6.07) is 11.6. The van der Waals surface area contributed by atoms with Crippen LogP contribution in [0.1, 0.15) is 30.2 Å². The molecule has 2 aromatic heterocycles. The van der Waals surface area contributed by atoms with Gasteiger partial charge in [0.2, 0.25) is 5.91 Å². The second-order valence-electron chi connectivity index (χ2n) is 4.88. The number of hydrogen-bond donors (Lipinski definition) is 1. The van der Waals surface area contributed by atoms with Crippen LogP contribution >= 0.6 is 11.3 Å². The molecule has 3 aromatic rings. The lowest BCUT2D eigenvalue weighted by Gasteiger charge is -2.10. The van der Waals surface area contributed by atoms with E-state index in [-0.39, 0.29) is 11.9 Å². The van der Waals surface area contributed by atoms with Crippen molar-refractivity contribution in [3.05, 3.63) is 53.4 Å². The number of nitrogens with zero attached hydrogens (tertiary/aromatic N) is 1. The van der Waals surface area contributed by atoms with E-state index in [2.05, 4.69) is 16.4 Å². The van der Waals surface area contributed by atoms with Gasteiger partial charge in [-0.25, -0.2) is 4.98 Å². The van der Waals surface area contributed by atoms with Crippen molar-refractivity contribution in [2.45, 2.75) is 25.8 Å². The minimum atomic E-state index is -0.108. The van der Waals surface area contributed by atoms with Gasteiger partial charge in [-0.3, -0.25) is 4.79 Å². The van der Waals surface area contributed by atoms with Crippen molar-refractivity contribution in [2.75, 3.05) is 0 Å². The first-order valence-corrected chi connectivity index (χ1v) is 7.71. The maximum atomic E-state index is 12.0. The predicted molar refractivity (Wildman–Crippen MR) is 83.2 cm³/mol. The van der Waals surface area contributed by atoms with Gasteiger partial charge in [-0.2, -0.15) is 0 Å². The number of carbonyl (C=O) groups excluding carboxylic acids is 1. The Balaban J connectivity index is 1.56. The Kier molecular flexibility index (Phi) is 4.01. The number of hydrogen-bond acceptors (Lipinski definition) is 4. The quantitative estimate of drug-likeness (QED) is 0.781. The first-order chi connectivity index (χ1) is 10.2. The number of aromatic nitrogens is 1. The van der Waals surface area contributed by atoms with Crippen LogP contribution in [0.15, 0.2) is 47.1 Å². The summed E-state index contributed by atoms with van der Waals surface area (Å²) in [5, 5.41) is 3.93. The molecule has 0 bridgehead atoms. The fraction of sp³-hybridized carbons (Fsp3) is 0.250. The lowest BCUT2D eigenvalue weighted by Crippen LogP contribution is -2.26. The SMILES string of the molecule is C[C@H](NC(=O)CCc1nc2ccccc2s1)c1ccco1. The number of furan rings is 1. The number of amides is 1. The number of rotatable bonds is 5. The molecule has 108 valence electrons. The summed E-state index contributed by atoms with van der Waals surface area (Å²) in [6.45, 7) is 1.91. The summed E-state index contributed by atoms with van der Waals surface area (Å²) >= 11 is 1.65. The molecule has 0 aliphatic heterocycles.